The summed E-state index contributed by atoms with van der Waals surface area (Å²) in [4.78, 5) is 25.6. The molecule has 7 heteroatoms. The number of rotatable bonds is 3. The number of hydrogen-bond acceptors (Lipinski definition) is 4. The highest BCUT2D eigenvalue weighted by Gasteiger charge is 2.11. The number of nitrogens with two attached hydrogens (primary N) is 1. The SMILES string of the molecule is N/C(=N/O)c1ccccc1NC(=O)c1cccc(=O)[nH]1. The van der Waals surface area contributed by atoms with Crippen molar-refractivity contribution in [3.05, 3.63) is 64.1 Å². The van der Waals surface area contributed by atoms with Crippen molar-refractivity contribution in [3.63, 3.8) is 0 Å². The molecular formula is C13H12N4O3. The topological polar surface area (TPSA) is 121 Å². The molecule has 2 rings (SSSR count). The third-order valence-electron chi connectivity index (χ3n) is 2.57. The first kappa shape index (κ1) is 13.3. The van der Waals surface area contributed by atoms with E-state index in [-0.39, 0.29) is 17.1 Å². The molecule has 0 radical (unpaired) electrons. The third kappa shape index (κ3) is 2.83. The molecule has 0 aliphatic heterocycles. The summed E-state index contributed by atoms with van der Waals surface area (Å²) in [5, 5.41) is 14.2. The summed E-state index contributed by atoms with van der Waals surface area (Å²) < 4.78 is 0. The number of aromatic amines is 1. The predicted molar refractivity (Wildman–Crippen MR) is 74.0 cm³/mol. The number of aromatic nitrogens is 1. The van der Waals surface area contributed by atoms with Crippen LogP contribution in [0.2, 0.25) is 0 Å². The molecule has 20 heavy (non-hydrogen) atoms. The van der Waals surface area contributed by atoms with E-state index in [0.29, 0.717) is 11.3 Å². The maximum Gasteiger partial charge on any atom is 0.272 e. The van der Waals surface area contributed by atoms with Crippen molar-refractivity contribution in [3.8, 4) is 0 Å². The normalized spacial score (nSPS) is 11.1. The van der Waals surface area contributed by atoms with Crippen molar-refractivity contribution in [2.75, 3.05) is 5.32 Å². The molecular weight excluding hydrogens is 260 g/mol. The highest BCUT2D eigenvalue weighted by Crippen LogP contribution is 2.15. The molecule has 0 unspecified atom stereocenters. The summed E-state index contributed by atoms with van der Waals surface area (Å²) in [6.07, 6.45) is 0. The van der Waals surface area contributed by atoms with Crippen LogP contribution in [-0.4, -0.2) is 21.9 Å². The number of benzene rings is 1. The molecule has 1 amide bonds. The molecule has 5 N–H and O–H groups in total. The van der Waals surface area contributed by atoms with E-state index in [1.54, 1.807) is 24.3 Å². The molecule has 1 aromatic heterocycles. The van der Waals surface area contributed by atoms with E-state index in [4.69, 9.17) is 10.9 Å². The van der Waals surface area contributed by atoms with Gasteiger partial charge in [0.25, 0.3) is 5.91 Å². The first-order valence-corrected chi connectivity index (χ1v) is 5.69. The van der Waals surface area contributed by atoms with E-state index in [1.807, 2.05) is 0 Å². The summed E-state index contributed by atoms with van der Waals surface area (Å²) in [7, 11) is 0. The van der Waals surface area contributed by atoms with Crippen molar-refractivity contribution in [2.24, 2.45) is 10.9 Å². The summed E-state index contributed by atoms with van der Waals surface area (Å²) in [6, 6.07) is 10.8. The van der Waals surface area contributed by atoms with Gasteiger partial charge in [0.05, 0.1) is 5.69 Å². The number of carbonyl (C=O) groups is 1. The lowest BCUT2D eigenvalue weighted by Crippen LogP contribution is -2.21. The number of nitrogens with zero attached hydrogens (tertiary/aromatic N) is 1. The number of amides is 1. The van der Waals surface area contributed by atoms with Gasteiger partial charge in [-0.3, -0.25) is 9.59 Å². The maximum atomic E-state index is 12.0. The Kier molecular flexibility index (Phi) is 3.80. The average molecular weight is 272 g/mol. The predicted octanol–water partition coefficient (Wildman–Crippen LogP) is 0.722. The van der Waals surface area contributed by atoms with Gasteiger partial charge < -0.3 is 21.2 Å². The number of para-hydroxylation sites is 1. The summed E-state index contributed by atoms with van der Waals surface area (Å²) in [5.41, 5.74) is 6.02. The van der Waals surface area contributed by atoms with E-state index >= 15 is 0 Å². The number of nitrogens with one attached hydrogen (secondary N) is 2. The smallest absolute Gasteiger partial charge is 0.272 e. The Morgan fingerprint density at radius 3 is 2.65 bits per heavy atom. The minimum absolute atomic E-state index is 0.117. The standard InChI is InChI=1S/C13H12N4O3/c14-12(17-20)8-4-1-2-5-9(8)16-13(19)10-6-3-7-11(18)15-10/h1-7,20H,(H2,14,17)(H,15,18)(H,16,19). The Balaban J connectivity index is 2.31. The number of amidine groups is 1. The molecule has 0 aliphatic rings. The van der Waals surface area contributed by atoms with Gasteiger partial charge in [-0.15, -0.1) is 0 Å². The van der Waals surface area contributed by atoms with Crippen LogP contribution in [0.15, 0.2) is 52.4 Å². The zero-order valence-electron chi connectivity index (χ0n) is 10.3. The molecule has 0 spiro atoms. The van der Waals surface area contributed by atoms with Crippen LogP contribution in [0.3, 0.4) is 0 Å². The van der Waals surface area contributed by atoms with Gasteiger partial charge in [0.2, 0.25) is 5.56 Å². The molecule has 1 aromatic carbocycles. The van der Waals surface area contributed by atoms with Gasteiger partial charge in [-0.05, 0) is 18.2 Å². The van der Waals surface area contributed by atoms with Gasteiger partial charge in [0.15, 0.2) is 5.84 Å². The van der Waals surface area contributed by atoms with E-state index in [0.717, 1.165) is 0 Å². The van der Waals surface area contributed by atoms with Crippen molar-refractivity contribution in [1.29, 1.82) is 0 Å². The van der Waals surface area contributed by atoms with Crippen molar-refractivity contribution in [1.82, 2.24) is 4.98 Å². The van der Waals surface area contributed by atoms with Crippen LogP contribution in [0.4, 0.5) is 5.69 Å². The van der Waals surface area contributed by atoms with E-state index < -0.39 is 5.91 Å². The molecule has 102 valence electrons. The molecule has 0 atom stereocenters. The molecule has 0 saturated carbocycles. The summed E-state index contributed by atoms with van der Waals surface area (Å²) in [5.74, 6) is -0.622. The minimum Gasteiger partial charge on any atom is -0.409 e. The minimum atomic E-state index is -0.499. The zero-order chi connectivity index (χ0) is 14.5. The number of hydrogen-bond donors (Lipinski definition) is 4. The fourth-order valence-electron chi connectivity index (χ4n) is 1.64. The van der Waals surface area contributed by atoms with Crippen LogP contribution < -0.4 is 16.6 Å². The lowest BCUT2D eigenvalue weighted by Gasteiger charge is -2.09. The maximum absolute atomic E-state index is 12.0. The molecule has 1 heterocycles. The van der Waals surface area contributed by atoms with Gasteiger partial charge in [0.1, 0.15) is 5.69 Å². The van der Waals surface area contributed by atoms with Crippen molar-refractivity contribution >= 4 is 17.4 Å². The molecule has 0 aliphatic carbocycles. The summed E-state index contributed by atoms with van der Waals surface area (Å²) in [6.45, 7) is 0. The Labute approximate surface area is 113 Å². The van der Waals surface area contributed by atoms with Crippen LogP contribution >= 0.6 is 0 Å². The number of carbonyl (C=O) groups excluding carboxylic acids is 1. The molecule has 0 fully saturated rings. The van der Waals surface area contributed by atoms with Crippen LogP contribution in [0, 0.1) is 0 Å². The van der Waals surface area contributed by atoms with E-state index in [9.17, 15) is 9.59 Å². The van der Waals surface area contributed by atoms with Crippen molar-refractivity contribution in [2.45, 2.75) is 0 Å². The van der Waals surface area contributed by atoms with Crippen LogP contribution in [0.1, 0.15) is 16.1 Å². The van der Waals surface area contributed by atoms with E-state index in [2.05, 4.69) is 15.5 Å². The van der Waals surface area contributed by atoms with Gasteiger partial charge in [0, 0.05) is 11.6 Å². The Morgan fingerprint density at radius 2 is 1.95 bits per heavy atom. The largest absolute Gasteiger partial charge is 0.409 e. The number of anilines is 1. The Bertz CT molecular complexity index is 721. The van der Waals surface area contributed by atoms with Crippen LogP contribution in [0.25, 0.3) is 0 Å². The monoisotopic (exact) mass is 272 g/mol. The second-order valence-electron chi connectivity index (χ2n) is 3.91. The zero-order valence-corrected chi connectivity index (χ0v) is 10.3. The van der Waals surface area contributed by atoms with Gasteiger partial charge in [-0.2, -0.15) is 0 Å². The second-order valence-corrected chi connectivity index (χ2v) is 3.91. The van der Waals surface area contributed by atoms with Crippen molar-refractivity contribution < 1.29 is 10.0 Å². The van der Waals surface area contributed by atoms with Gasteiger partial charge >= 0.3 is 0 Å². The quantitative estimate of drug-likeness (QED) is 0.285. The fraction of sp³-hybridized carbons (Fsp3) is 0. The molecule has 0 saturated heterocycles. The highest BCUT2D eigenvalue weighted by atomic mass is 16.4. The number of H-pyrrole nitrogens is 1. The van der Waals surface area contributed by atoms with E-state index in [1.165, 1.54) is 18.2 Å². The second kappa shape index (κ2) is 5.70. The summed E-state index contributed by atoms with van der Waals surface area (Å²) >= 11 is 0. The fourth-order valence-corrected chi connectivity index (χ4v) is 1.64. The molecule has 0 bridgehead atoms. The first-order chi connectivity index (χ1) is 9.61. The highest BCUT2D eigenvalue weighted by molar-refractivity contribution is 6.09. The Hall–Kier alpha value is -3.09. The van der Waals surface area contributed by atoms with Gasteiger partial charge in [-0.25, -0.2) is 0 Å². The van der Waals surface area contributed by atoms with Crippen LogP contribution in [0.5, 0.6) is 0 Å². The molecule has 7 nitrogen and oxygen atoms in total. The molecule has 2 aromatic rings. The Morgan fingerprint density at radius 1 is 1.20 bits per heavy atom. The van der Waals surface area contributed by atoms with Gasteiger partial charge in [-0.1, -0.05) is 23.4 Å². The first-order valence-electron chi connectivity index (χ1n) is 5.69. The third-order valence-corrected chi connectivity index (χ3v) is 2.57. The number of pyridine rings is 1. The lowest BCUT2D eigenvalue weighted by atomic mass is 10.1. The van der Waals surface area contributed by atoms with Crippen LogP contribution in [-0.2, 0) is 0 Å². The number of oxime groups is 1. The average Bonchev–Trinajstić information content (AvgIpc) is 2.47. The lowest BCUT2D eigenvalue weighted by molar-refractivity contribution is 0.102.